The first-order chi connectivity index (χ1) is 10.4. The van der Waals surface area contributed by atoms with Crippen molar-refractivity contribution in [2.45, 2.75) is 40.7 Å². The summed E-state index contributed by atoms with van der Waals surface area (Å²) in [4.78, 5) is 25.7. The summed E-state index contributed by atoms with van der Waals surface area (Å²) in [5.74, 6) is -0.370. The molecule has 0 fully saturated rings. The van der Waals surface area contributed by atoms with Crippen molar-refractivity contribution in [3.63, 3.8) is 0 Å². The van der Waals surface area contributed by atoms with Crippen LogP contribution in [0.3, 0.4) is 0 Å². The molecular formula is C17H27N3O2. The molecule has 2 N–H and O–H groups in total. The van der Waals surface area contributed by atoms with Crippen molar-refractivity contribution in [3.8, 4) is 0 Å². The second-order valence-corrected chi connectivity index (χ2v) is 5.63. The summed E-state index contributed by atoms with van der Waals surface area (Å²) in [6.07, 6.45) is 0. The highest BCUT2D eigenvalue weighted by Crippen LogP contribution is 2.18. The van der Waals surface area contributed by atoms with Crippen LogP contribution in [0, 0.1) is 5.92 Å². The molecular weight excluding hydrogens is 278 g/mol. The van der Waals surface area contributed by atoms with Crippen LogP contribution in [-0.2, 0) is 9.59 Å². The van der Waals surface area contributed by atoms with Gasteiger partial charge < -0.3 is 15.5 Å². The quantitative estimate of drug-likeness (QED) is 0.814. The van der Waals surface area contributed by atoms with Gasteiger partial charge in [0, 0.05) is 31.4 Å². The van der Waals surface area contributed by atoms with Gasteiger partial charge in [0.15, 0.2) is 0 Å². The third-order valence-corrected chi connectivity index (χ3v) is 3.57. The Morgan fingerprint density at radius 3 is 2.05 bits per heavy atom. The Morgan fingerprint density at radius 1 is 1.09 bits per heavy atom. The molecule has 0 spiro atoms. The fourth-order valence-corrected chi connectivity index (χ4v) is 2.32. The molecule has 1 rings (SSSR count). The molecule has 2 amide bonds. The van der Waals surface area contributed by atoms with Crippen LogP contribution in [0.25, 0.3) is 0 Å². The normalized spacial score (nSPS) is 11.9. The molecule has 0 aliphatic carbocycles. The van der Waals surface area contributed by atoms with Crippen LogP contribution in [0.4, 0.5) is 11.4 Å². The topological polar surface area (TPSA) is 61.4 Å². The van der Waals surface area contributed by atoms with Crippen LogP contribution in [0.15, 0.2) is 24.3 Å². The van der Waals surface area contributed by atoms with Crippen LogP contribution in [0.1, 0.15) is 34.6 Å². The van der Waals surface area contributed by atoms with Gasteiger partial charge in [0.1, 0.15) is 6.04 Å². The molecule has 0 radical (unpaired) electrons. The maximum absolute atomic E-state index is 12.3. The SMILES string of the molecule is CCN(CC)c1ccc(NC(=O)C(NC(C)=O)C(C)C)cc1. The third-order valence-electron chi connectivity index (χ3n) is 3.57. The zero-order valence-electron chi connectivity index (χ0n) is 14.1. The summed E-state index contributed by atoms with van der Waals surface area (Å²) in [7, 11) is 0. The van der Waals surface area contributed by atoms with Crippen LogP contribution < -0.4 is 15.5 Å². The summed E-state index contributed by atoms with van der Waals surface area (Å²) in [5, 5.41) is 5.55. The van der Waals surface area contributed by atoms with Gasteiger partial charge in [-0.05, 0) is 44.0 Å². The molecule has 22 heavy (non-hydrogen) atoms. The van der Waals surface area contributed by atoms with E-state index in [9.17, 15) is 9.59 Å². The van der Waals surface area contributed by atoms with Crippen LogP contribution in [-0.4, -0.2) is 30.9 Å². The van der Waals surface area contributed by atoms with Crippen LogP contribution >= 0.6 is 0 Å². The lowest BCUT2D eigenvalue weighted by Gasteiger charge is -2.22. The van der Waals surface area contributed by atoms with E-state index < -0.39 is 6.04 Å². The van der Waals surface area contributed by atoms with Gasteiger partial charge in [0.25, 0.3) is 0 Å². The molecule has 0 bridgehead atoms. The average molecular weight is 305 g/mol. The molecule has 1 atom stereocenters. The smallest absolute Gasteiger partial charge is 0.247 e. The molecule has 0 heterocycles. The number of hydrogen-bond acceptors (Lipinski definition) is 3. The van der Waals surface area contributed by atoms with Gasteiger partial charge in [-0.2, -0.15) is 0 Å². The number of benzene rings is 1. The van der Waals surface area contributed by atoms with Crippen molar-refractivity contribution in [2.75, 3.05) is 23.3 Å². The summed E-state index contributed by atoms with van der Waals surface area (Å²) in [5.41, 5.74) is 1.86. The Labute approximate surface area is 133 Å². The van der Waals surface area contributed by atoms with E-state index in [1.165, 1.54) is 6.92 Å². The highest BCUT2D eigenvalue weighted by atomic mass is 16.2. The minimum absolute atomic E-state index is 0.0267. The minimum atomic E-state index is -0.528. The van der Waals surface area contributed by atoms with E-state index in [1.807, 2.05) is 38.1 Å². The number of amides is 2. The second-order valence-electron chi connectivity index (χ2n) is 5.63. The number of nitrogens with zero attached hydrogens (tertiary/aromatic N) is 1. The molecule has 0 aliphatic rings. The number of anilines is 2. The molecule has 1 aromatic rings. The fraction of sp³-hybridized carbons (Fsp3) is 0.529. The molecule has 1 aromatic carbocycles. The molecule has 122 valence electrons. The first kappa shape index (κ1) is 18.0. The van der Waals surface area contributed by atoms with Crippen molar-refractivity contribution in [1.82, 2.24) is 5.32 Å². The second kappa shape index (κ2) is 8.41. The lowest BCUT2D eigenvalue weighted by molar-refractivity contribution is -0.126. The first-order valence-corrected chi connectivity index (χ1v) is 7.82. The maximum Gasteiger partial charge on any atom is 0.247 e. The van der Waals surface area contributed by atoms with Gasteiger partial charge in [0.2, 0.25) is 11.8 Å². The summed E-state index contributed by atoms with van der Waals surface area (Å²) in [6.45, 7) is 11.3. The Morgan fingerprint density at radius 2 is 1.64 bits per heavy atom. The summed E-state index contributed by atoms with van der Waals surface area (Å²) < 4.78 is 0. The Balaban J connectivity index is 2.77. The van der Waals surface area contributed by atoms with Gasteiger partial charge in [-0.25, -0.2) is 0 Å². The Bertz CT molecular complexity index is 493. The van der Waals surface area contributed by atoms with E-state index in [4.69, 9.17) is 0 Å². The molecule has 5 nitrogen and oxygen atoms in total. The first-order valence-electron chi connectivity index (χ1n) is 7.82. The van der Waals surface area contributed by atoms with Crippen molar-refractivity contribution in [1.29, 1.82) is 0 Å². The van der Waals surface area contributed by atoms with Crippen molar-refractivity contribution in [2.24, 2.45) is 5.92 Å². The number of carbonyl (C=O) groups excluding carboxylic acids is 2. The standard InChI is InChI=1S/C17H27N3O2/c1-6-20(7-2)15-10-8-14(9-11-15)19-17(22)16(12(3)4)18-13(5)21/h8-12,16H,6-7H2,1-5H3,(H,18,21)(H,19,22). The maximum atomic E-state index is 12.3. The van der Waals surface area contributed by atoms with E-state index in [0.29, 0.717) is 0 Å². The zero-order valence-corrected chi connectivity index (χ0v) is 14.1. The molecule has 0 aromatic heterocycles. The molecule has 0 aliphatic heterocycles. The molecule has 1 unspecified atom stereocenters. The van der Waals surface area contributed by atoms with E-state index in [0.717, 1.165) is 24.5 Å². The highest BCUT2D eigenvalue weighted by Gasteiger charge is 2.22. The van der Waals surface area contributed by atoms with E-state index in [1.54, 1.807) is 0 Å². The van der Waals surface area contributed by atoms with Gasteiger partial charge in [-0.3, -0.25) is 9.59 Å². The van der Waals surface area contributed by atoms with E-state index in [-0.39, 0.29) is 17.7 Å². The Kier molecular flexibility index (Phi) is 6.89. The fourth-order valence-electron chi connectivity index (χ4n) is 2.32. The van der Waals surface area contributed by atoms with Crippen LogP contribution in [0.5, 0.6) is 0 Å². The number of nitrogens with one attached hydrogen (secondary N) is 2. The van der Waals surface area contributed by atoms with Gasteiger partial charge in [-0.15, -0.1) is 0 Å². The summed E-state index contributed by atoms with van der Waals surface area (Å²) >= 11 is 0. The highest BCUT2D eigenvalue weighted by molar-refractivity contribution is 5.97. The predicted octanol–water partition coefficient (Wildman–Crippen LogP) is 2.63. The van der Waals surface area contributed by atoms with Gasteiger partial charge in [0.05, 0.1) is 0 Å². The number of hydrogen-bond donors (Lipinski definition) is 2. The number of rotatable bonds is 7. The molecule has 0 saturated carbocycles. The third kappa shape index (κ3) is 5.06. The van der Waals surface area contributed by atoms with E-state index >= 15 is 0 Å². The van der Waals surface area contributed by atoms with Crippen LogP contribution in [0.2, 0.25) is 0 Å². The predicted molar refractivity (Wildman–Crippen MR) is 91.1 cm³/mol. The lowest BCUT2D eigenvalue weighted by atomic mass is 10.0. The largest absolute Gasteiger partial charge is 0.372 e. The van der Waals surface area contributed by atoms with Crippen molar-refractivity contribution in [3.05, 3.63) is 24.3 Å². The van der Waals surface area contributed by atoms with Gasteiger partial charge in [-0.1, -0.05) is 13.8 Å². The number of carbonyl (C=O) groups is 2. The summed E-state index contributed by atoms with van der Waals surface area (Å²) in [6, 6.07) is 7.23. The molecule has 5 heteroatoms. The van der Waals surface area contributed by atoms with E-state index in [2.05, 4.69) is 29.4 Å². The van der Waals surface area contributed by atoms with Crippen molar-refractivity contribution >= 4 is 23.2 Å². The zero-order chi connectivity index (χ0) is 16.7. The lowest BCUT2D eigenvalue weighted by Crippen LogP contribution is -2.46. The molecule has 0 saturated heterocycles. The van der Waals surface area contributed by atoms with Gasteiger partial charge >= 0.3 is 0 Å². The average Bonchev–Trinajstić information content (AvgIpc) is 2.47. The van der Waals surface area contributed by atoms with Crippen molar-refractivity contribution < 1.29 is 9.59 Å². The Hall–Kier alpha value is -2.04. The minimum Gasteiger partial charge on any atom is -0.372 e. The monoisotopic (exact) mass is 305 g/mol.